The van der Waals surface area contributed by atoms with E-state index in [-0.39, 0.29) is 0 Å². The van der Waals surface area contributed by atoms with E-state index in [1.165, 1.54) is 38.5 Å². The van der Waals surface area contributed by atoms with Crippen LogP contribution in [0.4, 0.5) is 0 Å². The highest BCUT2D eigenvalue weighted by Gasteiger charge is 2.26. The zero-order valence-corrected chi connectivity index (χ0v) is 22.3. The van der Waals surface area contributed by atoms with Crippen LogP contribution >= 0.6 is 12.1 Å². The van der Waals surface area contributed by atoms with Crippen LogP contribution < -0.4 is 5.32 Å². The normalized spacial score (nSPS) is 18.2. The minimum absolute atomic E-state index is 0.635. The van der Waals surface area contributed by atoms with Gasteiger partial charge in [0, 0.05) is 48.4 Å². The van der Waals surface area contributed by atoms with E-state index in [1.54, 1.807) is 0 Å². The largest absolute Gasteiger partial charge is 0.312 e. The molecule has 0 aliphatic rings. The van der Waals surface area contributed by atoms with Gasteiger partial charge in [-0.05, 0) is 80.1 Å². The Kier molecular flexibility index (Phi) is 19.6. The average Bonchev–Trinajstić information content (AvgIpc) is 2.72. The molecule has 0 heterocycles. The highest BCUT2D eigenvalue weighted by molar-refractivity contribution is 7.94. The van der Waals surface area contributed by atoms with Gasteiger partial charge in [0.05, 0.1) is 0 Å². The Bertz CT molecular complexity index is 290. The lowest BCUT2D eigenvalue weighted by Crippen LogP contribution is -2.42. The molecule has 0 aromatic carbocycles. The maximum atomic E-state index is 3.48. The molecule has 6 unspecified atom stereocenters. The number of nitrogens with one attached hydrogen (secondary N) is 1. The number of nitrogens with zero attached hydrogens (tertiary/aromatic N) is 2. The molecule has 3 nitrogen and oxygen atoms in total. The lowest BCUT2D eigenvalue weighted by molar-refractivity contribution is 0.239. The summed E-state index contributed by atoms with van der Waals surface area (Å²) in [5.74, 6) is 0. The molecule has 0 rings (SSSR count). The van der Waals surface area contributed by atoms with Crippen LogP contribution in [0, 0.1) is 0 Å². The standard InChI is InChI=1S/C16H36N2S.C8H19N/c1-9-13(5)17(14(6)10-2)19-18(15(7)11-3)16(8)12-4;1-5-7(3)9-8(4)6-2/h13-16H,9-12H2,1-8H3;7-9H,5-6H2,1-4H3. The Morgan fingerprint density at radius 3 is 0.929 bits per heavy atom. The smallest absolute Gasteiger partial charge is 0.0186 e. The van der Waals surface area contributed by atoms with Crippen LogP contribution in [-0.4, -0.2) is 44.9 Å². The van der Waals surface area contributed by atoms with Crippen molar-refractivity contribution in [2.24, 2.45) is 0 Å². The van der Waals surface area contributed by atoms with E-state index >= 15 is 0 Å². The molecule has 0 aliphatic heterocycles. The minimum Gasteiger partial charge on any atom is -0.312 e. The van der Waals surface area contributed by atoms with Gasteiger partial charge >= 0.3 is 0 Å². The lowest BCUT2D eigenvalue weighted by Gasteiger charge is -2.40. The van der Waals surface area contributed by atoms with Gasteiger partial charge in [0.25, 0.3) is 0 Å². The molecule has 0 bridgehead atoms. The molecule has 0 radical (unpaired) electrons. The summed E-state index contributed by atoms with van der Waals surface area (Å²) < 4.78 is 5.22. The molecule has 1 N–H and O–H groups in total. The van der Waals surface area contributed by atoms with Gasteiger partial charge in [-0.15, -0.1) is 0 Å². The fourth-order valence-electron chi connectivity index (χ4n) is 2.74. The van der Waals surface area contributed by atoms with Crippen LogP contribution in [0.25, 0.3) is 0 Å². The van der Waals surface area contributed by atoms with E-state index in [4.69, 9.17) is 0 Å². The lowest BCUT2D eigenvalue weighted by atomic mass is 10.2. The second kappa shape index (κ2) is 18.0. The molecular formula is C24H55N3S. The first-order valence-corrected chi connectivity index (χ1v) is 12.9. The van der Waals surface area contributed by atoms with E-state index in [0.29, 0.717) is 36.3 Å². The third-order valence-electron chi connectivity index (χ3n) is 6.08. The Labute approximate surface area is 184 Å². The second-order valence-electron chi connectivity index (χ2n) is 8.62. The van der Waals surface area contributed by atoms with Crippen molar-refractivity contribution in [3.8, 4) is 0 Å². The van der Waals surface area contributed by atoms with Crippen molar-refractivity contribution in [1.82, 2.24) is 13.9 Å². The fourth-order valence-corrected chi connectivity index (χ4v) is 4.20. The van der Waals surface area contributed by atoms with Gasteiger partial charge in [0.15, 0.2) is 0 Å². The van der Waals surface area contributed by atoms with Gasteiger partial charge < -0.3 is 5.32 Å². The van der Waals surface area contributed by atoms with Gasteiger partial charge in [-0.1, -0.05) is 41.5 Å². The molecule has 28 heavy (non-hydrogen) atoms. The van der Waals surface area contributed by atoms with Gasteiger partial charge in [-0.3, -0.25) is 0 Å². The molecule has 172 valence electrons. The first kappa shape index (κ1) is 30.4. The van der Waals surface area contributed by atoms with Crippen molar-refractivity contribution >= 4 is 12.1 Å². The third kappa shape index (κ3) is 12.7. The number of rotatable bonds is 14. The van der Waals surface area contributed by atoms with Gasteiger partial charge in [0.1, 0.15) is 0 Å². The number of hydrogen-bond donors (Lipinski definition) is 1. The summed E-state index contributed by atoms with van der Waals surface area (Å²) in [7, 11) is 0. The fraction of sp³-hybridized carbons (Fsp3) is 1.00. The second-order valence-corrected chi connectivity index (χ2v) is 9.62. The van der Waals surface area contributed by atoms with Crippen molar-refractivity contribution in [2.75, 3.05) is 0 Å². The van der Waals surface area contributed by atoms with Crippen LogP contribution in [0.2, 0.25) is 0 Å². The quantitative estimate of drug-likeness (QED) is 0.294. The SMILES string of the molecule is CCC(C)N(SN(C(C)CC)C(C)CC)C(C)CC.CCC(C)NC(C)CC. The summed E-state index contributed by atoms with van der Waals surface area (Å²) in [6.45, 7) is 27.4. The van der Waals surface area contributed by atoms with Crippen LogP contribution in [-0.2, 0) is 0 Å². The maximum Gasteiger partial charge on any atom is 0.0186 e. The van der Waals surface area contributed by atoms with E-state index in [0.717, 1.165) is 0 Å². The summed E-state index contributed by atoms with van der Waals surface area (Å²) in [4.78, 5) is 0. The first-order valence-electron chi connectivity index (χ1n) is 12.1. The first-order chi connectivity index (χ1) is 13.1. The third-order valence-corrected chi connectivity index (χ3v) is 7.90. The van der Waals surface area contributed by atoms with E-state index < -0.39 is 0 Å². The van der Waals surface area contributed by atoms with Crippen molar-refractivity contribution in [3.63, 3.8) is 0 Å². The van der Waals surface area contributed by atoms with Crippen LogP contribution in [0.1, 0.15) is 122 Å². The van der Waals surface area contributed by atoms with Crippen molar-refractivity contribution in [3.05, 3.63) is 0 Å². The predicted molar refractivity (Wildman–Crippen MR) is 133 cm³/mol. The van der Waals surface area contributed by atoms with Crippen molar-refractivity contribution in [2.45, 2.75) is 158 Å². The minimum atomic E-state index is 0.635. The van der Waals surface area contributed by atoms with Crippen LogP contribution in [0.3, 0.4) is 0 Å². The van der Waals surface area contributed by atoms with E-state index in [9.17, 15) is 0 Å². The highest BCUT2D eigenvalue weighted by atomic mass is 32.2. The Hall–Kier alpha value is 0.230. The average molecular weight is 418 g/mol. The summed E-state index contributed by atoms with van der Waals surface area (Å²) in [6, 6.07) is 3.90. The van der Waals surface area contributed by atoms with Crippen molar-refractivity contribution < 1.29 is 0 Å². The molecule has 0 amide bonds. The molecule has 0 saturated heterocycles. The molecule has 0 fully saturated rings. The summed E-state index contributed by atoms with van der Waals surface area (Å²) >= 11 is 1.99. The Morgan fingerprint density at radius 2 is 0.750 bits per heavy atom. The summed E-state index contributed by atoms with van der Waals surface area (Å²) in [5.41, 5.74) is 0. The molecule has 4 heteroatoms. The molecule has 0 spiro atoms. The molecule has 0 aliphatic carbocycles. The maximum absolute atomic E-state index is 3.48. The molecular weight excluding hydrogens is 362 g/mol. The van der Waals surface area contributed by atoms with Crippen LogP contribution in [0.15, 0.2) is 0 Å². The molecule has 6 atom stereocenters. The molecule has 0 aromatic rings. The summed E-state index contributed by atoms with van der Waals surface area (Å²) in [5, 5.41) is 3.48. The predicted octanol–water partition coefficient (Wildman–Crippen LogP) is 7.52. The van der Waals surface area contributed by atoms with E-state index in [2.05, 4.69) is 97.0 Å². The monoisotopic (exact) mass is 417 g/mol. The molecule has 0 saturated carbocycles. The summed E-state index contributed by atoms with van der Waals surface area (Å²) in [6.07, 6.45) is 7.31. The zero-order valence-electron chi connectivity index (χ0n) is 21.5. The van der Waals surface area contributed by atoms with E-state index in [1.807, 2.05) is 12.1 Å². The Balaban J connectivity index is 0. The number of hydrogen-bond acceptors (Lipinski definition) is 4. The zero-order chi connectivity index (χ0) is 22.3. The van der Waals surface area contributed by atoms with Gasteiger partial charge in [-0.2, -0.15) is 0 Å². The van der Waals surface area contributed by atoms with Crippen LogP contribution in [0.5, 0.6) is 0 Å². The van der Waals surface area contributed by atoms with Gasteiger partial charge in [0.2, 0.25) is 0 Å². The topological polar surface area (TPSA) is 18.5 Å². The van der Waals surface area contributed by atoms with Crippen molar-refractivity contribution in [1.29, 1.82) is 0 Å². The molecule has 0 aromatic heterocycles. The Morgan fingerprint density at radius 1 is 0.500 bits per heavy atom. The highest BCUT2D eigenvalue weighted by Crippen LogP contribution is 2.30. The van der Waals surface area contributed by atoms with Gasteiger partial charge in [-0.25, -0.2) is 8.61 Å².